The van der Waals surface area contributed by atoms with Crippen LogP contribution in [0.4, 0.5) is 9.52 Å². The second-order valence-corrected chi connectivity index (χ2v) is 9.74. The first-order chi connectivity index (χ1) is 16.1. The van der Waals surface area contributed by atoms with E-state index in [1.165, 1.54) is 43.5 Å². The molecule has 1 aromatic heterocycles. The zero-order chi connectivity index (χ0) is 24.9. The maximum Gasteiger partial charge on any atom is 0.343 e. The number of ether oxygens (including phenoxy) is 2. The number of carbonyl (C=O) groups is 2. The Morgan fingerprint density at radius 1 is 1.15 bits per heavy atom. The molecule has 1 amide bonds. The molecule has 0 radical (unpaired) electrons. The number of esters is 1. The molecule has 0 bridgehead atoms. The highest BCUT2D eigenvalue weighted by molar-refractivity contribution is 7.92. The number of nitrogens with zero attached hydrogens (tertiary/aromatic N) is 3. The Morgan fingerprint density at radius 2 is 1.85 bits per heavy atom. The number of anilines is 1. The van der Waals surface area contributed by atoms with Crippen LogP contribution in [0.25, 0.3) is 6.08 Å². The standard InChI is InChI=1S/C21H15FN4O6S2/c1-31-17-10-12(3-8-16(17)32-19(28)13-4-6-15(22)7-5-13)9-14(11-23)18(27)24-20-25-26-21(33-20)34(2,29)30/h3-10H,1-2H3,(H,24,25,27). The number of halogens is 1. The van der Waals surface area contributed by atoms with Gasteiger partial charge in [0.1, 0.15) is 17.5 Å². The Hall–Kier alpha value is -4.15. The number of rotatable bonds is 7. The third-order valence-electron chi connectivity index (χ3n) is 4.09. The van der Waals surface area contributed by atoms with Gasteiger partial charge in [-0.3, -0.25) is 10.1 Å². The molecular weight excluding hydrogens is 487 g/mol. The van der Waals surface area contributed by atoms with Gasteiger partial charge in [0.2, 0.25) is 19.3 Å². The summed E-state index contributed by atoms with van der Waals surface area (Å²) in [6, 6.07) is 10.9. The van der Waals surface area contributed by atoms with Crippen LogP contribution in [0.5, 0.6) is 11.5 Å². The predicted octanol–water partition coefficient (Wildman–Crippen LogP) is 2.85. The van der Waals surface area contributed by atoms with Crippen molar-refractivity contribution in [1.29, 1.82) is 5.26 Å². The number of hydrogen-bond acceptors (Lipinski definition) is 10. The van der Waals surface area contributed by atoms with Crippen molar-refractivity contribution in [3.63, 3.8) is 0 Å². The molecule has 0 saturated heterocycles. The SMILES string of the molecule is COc1cc(C=C(C#N)C(=O)Nc2nnc(S(C)(=O)=O)s2)ccc1OC(=O)c1ccc(F)cc1. The number of benzene rings is 2. The van der Waals surface area contributed by atoms with E-state index in [-0.39, 0.29) is 32.1 Å². The summed E-state index contributed by atoms with van der Waals surface area (Å²) in [6.45, 7) is 0. The Balaban J connectivity index is 1.78. The van der Waals surface area contributed by atoms with Gasteiger partial charge < -0.3 is 9.47 Å². The lowest BCUT2D eigenvalue weighted by Gasteiger charge is -2.10. The number of nitrogens with one attached hydrogen (secondary N) is 1. The maximum absolute atomic E-state index is 13.0. The van der Waals surface area contributed by atoms with E-state index in [9.17, 15) is 27.7 Å². The van der Waals surface area contributed by atoms with Crippen LogP contribution in [0.15, 0.2) is 52.4 Å². The number of carbonyl (C=O) groups excluding carboxylic acids is 2. The molecule has 174 valence electrons. The lowest BCUT2D eigenvalue weighted by atomic mass is 10.1. The Kier molecular flexibility index (Phi) is 7.34. The van der Waals surface area contributed by atoms with Crippen molar-refractivity contribution in [2.45, 2.75) is 4.34 Å². The van der Waals surface area contributed by atoms with Crippen molar-refractivity contribution in [2.75, 3.05) is 18.7 Å². The fourth-order valence-corrected chi connectivity index (χ4v) is 4.00. The first kappa shape index (κ1) is 24.5. The number of aromatic nitrogens is 2. The molecule has 0 unspecified atom stereocenters. The smallest absolute Gasteiger partial charge is 0.343 e. The van der Waals surface area contributed by atoms with Gasteiger partial charge in [0.25, 0.3) is 5.91 Å². The summed E-state index contributed by atoms with van der Waals surface area (Å²) < 4.78 is 46.3. The molecule has 0 aliphatic heterocycles. The van der Waals surface area contributed by atoms with Crippen LogP contribution in [0.3, 0.4) is 0 Å². The lowest BCUT2D eigenvalue weighted by molar-refractivity contribution is -0.112. The molecule has 0 saturated carbocycles. The molecule has 0 spiro atoms. The highest BCUT2D eigenvalue weighted by atomic mass is 32.2. The van der Waals surface area contributed by atoms with Crippen molar-refractivity contribution >= 4 is 44.3 Å². The second kappa shape index (κ2) is 10.2. The topological polar surface area (TPSA) is 148 Å². The van der Waals surface area contributed by atoms with Gasteiger partial charge in [-0.25, -0.2) is 17.6 Å². The van der Waals surface area contributed by atoms with Crippen LogP contribution in [-0.4, -0.2) is 43.9 Å². The molecule has 2 aromatic carbocycles. The zero-order valence-corrected chi connectivity index (χ0v) is 19.2. The summed E-state index contributed by atoms with van der Waals surface area (Å²) in [7, 11) is -2.25. The molecule has 0 aliphatic rings. The summed E-state index contributed by atoms with van der Waals surface area (Å²) in [5.41, 5.74) is 0.194. The quantitative estimate of drug-likeness (QED) is 0.169. The minimum absolute atomic E-state index is 0.0686. The van der Waals surface area contributed by atoms with Crippen molar-refractivity contribution < 1.29 is 31.9 Å². The zero-order valence-electron chi connectivity index (χ0n) is 17.6. The average molecular weight is 503 g/mol. The van der Waals surface area contributed by atoms with Crippen LogP contribution in [0.2, 0.25) is 0 Å². The second-order valence-electron chi connectivity index (χ2n) is 6.58. The monoisotopic (exact) mass is 502 g/mol. The van der Waals surface area contributed by atoms with E-state index in [1.807, 2.05) is 0 Å². The fourth-order valence-electron chi connectivity index (χ4n) is 2.49. The summed E-state index contributed by atoms with van der Waals surface area (Å²) >= 11 is 0.647. The molecule has 0 aliphatic carbocycles. The van der Waals surface area contributed by atoms with Gasteiger partial charge in [-0.1, -0.05) is 17.4 Å². The maximum atomic E-state index is 13.0. The van der Waals surface area contributed by atoms with Crippen LogP contribution >= 0.6 is 11.3 Å². The summed E-state index contributed by atoms with van der Waals surface area (Å²) in [5.74, 6) is -1.85. The molecule has 13 heteroatoms. The average Bonchev–Trinajstić information content (AvgIpc) is 3.27. The molecule has 10 nitrogen and oxygen atoms in total. The van der Waals surface area contributed by atoms with Crippen LogP contribution in [0.1, 0.15) is 15.9 Å². The predicted molar refractivity (Wildman–Crippen MR) is 120 cm³/mol. The minimum atomic E-state index is -3.58. The number of hydrogen-bond donors (Lipinski definition) is 1. The summed E-state index contributed by atoms with van der Waals surface area (Å²) in [5, 5.41) is 18.7. The molecule has 3 rings (SSSR count). The molecule has 1 N–H and O–H groups in total. The number of nitriles is 1. The Morgan fingerprint density at radius 3 is 2.44 bits per heavy atom. The van der Waals surface area contributed by atoms with Crippen LogP contribution in [-0.2, 0) is 14.6 Å². The van der Waals surface area contributed by atoms with Gasteiger partial charge >= 0.3 is 5.97 Å². The van der Waals surface area contributed by atoms with E-state index >= 15 is 0 Å². The third-order valence-corrected chi connectivity index (χ3v) is 6.60. The van der Waals surface area contributed by atoms with Crippen molar-refractivity contribution in [1.82, 2.24) is 10.2 Å². The normalized spacial score (nSPS) is 11.4. The molecule has 0 atom stereocenters. The fraction of sp³-hybridized carbons (Fsp3) is 0.0952. The first-order valence-electron chi connectivity index (χ1n) is 9.23. The Bertz CT molecular complexity index is 1430. The lowest BCUT2D eigenvalue weighted by Crippen LogP contribution is -2.13. The molecular formula is C21H15FN4O6S2. The number of amides is 1. The third kappa shape index (κ3) is 6.00. The highest BCUT2D eigenvalue weighted by Gasteiger charge is 2.18. The van der Waals surface area contributed by atoms with E-state index in [0.717, 1.165) is 18.4 Å². The first-order valence-corrected chi connectivity index (χ1v) is 11.9. The summed E-state index contributed by atoms with van der Waals surface area (Å²) in [4.78, 5) is 24.7. The van der Waals surface area contributed by atoms with Gasteiger partial charge in [-0.15, -0.1) is 10.2 Å². The minimum Gasteiger partial charge on any atom is -0.493 e. The molecule has 1 heterocycles. The summed E-state index contributed by atoms with van der Waals surface area (Å²) in [6.07, 6.45) is 2.20. The molecule has 3 aromatic rings. The van der Waals surface area contributed by atoms with E-state index in [2.05, 4.69) is 15.5 Å². The van der Waals surface area contributed by atoms with Gasteiger partial charge in [0.05, 0.1) is 12.7 Å². The van der Waals surface area contributed by atoms with Crippen LogP contribution in [0, 0.1) is 17.1 Å². The molecule has 34 heavy (non-hydrogen) atoms. The van der Waals surface area contributed by atoms with Gasteiger partial charge in [-0.05, 0) is 48.0 Å². The number of sulfone groups is 1. The van der Waals surface area contributed by atoms with E-state index in [4.69, 9.17) is 9.47 Å². The van der Waals surface area contributed by atoms with E-state index in [1.54, 1.807) is 6.07 Å². The van der Waals surface area contributed by atoms with Gasteiger partial charge in [-0.2, -0.15) is 5.26 Å². The van der Waals surface area contributed by atoms with Crippen molar-refractivity contribution in [3.05, 3.63) is 65.0 Å². The largest absolute Gasteiger partial charge is 0.493 e. The van der Waals surface area contributed by atoms with Crippen molar-refractivity contribution in [3.8, 4) is 17.6 Å². The number of methoxy groups -OCH3 is 1. The van der Waals surface area contributed by atoms with Crippen LogP contribution < -0.4 is 14.8 Å². The highest BCUT2D eigenvalue weighted by Crippen LogP contribution is 2.30. The van der Waals surface area contributed by atoms with Gasteiger partial charge in [0.15, 0.2) is 11.5 Å². The molecule has 0 fully saturated rings. The van der Waals surface area contributed by atoms with E-state index < -0.39 is 27.5 Å². The van der Waals surface area contributed by atoms with Crippen molar-refractivity contribution in [2.24, 2.45) is 0 Å². The Labute approximate surface area is 197 Å². The van der Waals surface area contributed by atoms with E-state index in [0.29, 0.717) is 16.9 Å². The van der Waals surface area contributed by atoms with Gasteiger partial charge in [0, 0.05) is 6.26 Å².